The quantitative estimate of drug-likeness (QED) is 0.476. The molecule has 1 aromatic carbocycles. The first-order valence-electron chi connectivity index (χ1n) is 9.41. The van der Waals surface area contributed by atoms with Crippen molar-refractivity contribution in [3.8, 4) is 0 Å². The average molecular weight is 442 g/mol. The van der Waals surface area contributed by atoms with E-state index in [0.29, 0.717) is 17.6 Å². The number of nitrogens with zero attached hydrogens (tertiary/aromatic N) is 2. The van der Waals surface area contributed by atoms with Crippen LogP contribution in [0.1, 0.15) is 27.2 Å². The van der Waals surface area contributed by atoms with E-state index in [4.69, 9.17) is 5.73 Å². The van der Waals surface area contributed by atoms with Crippen molar-refractivity contribution in [1.82, 2.24) is 9.97 Å². The Morgan fingerprint density at radius 3 is 2.62 bits per heavy atom. The highest BCUT2D eigenvalue weighted by Gasteiger charge is 2.34. The number of halogens is 3. The molecule has 3 heterocycles. The van der Waals surface area contributed by atoms with Crippen molar-refractivity contribution in [2.24, 2.45) is 5.73 Å². The van der Waals surface area contributed by atoms with Gasteiger partial charge in [-0.1, -0.05) is 0 Å². The molecule has 1 aliphatic heterocycles. The Morgan fingerprint density at radius 2 is 1.91 bits per heavy atom. The smallest absolute Gasteiger partial charge is 0.365 e. The number of nitrogens with two attached hydrogens (primary N) is 1. The van der Waals surface area contributed by atoms with Gasteiger partial charge in [0, 0.05) is 29.8 Å². The molecular formula is C21H17F3N6O2. The van der Waals surface area contributed by atoms with Crippen LogP contribution in [0.2, 0.25) is 0 Å². The van der Waals surface area contributed by atoms with Crippen molar-refractivity contribution in [3.05, 3.63) is 65.1 Å². The number of hydrogen-bond acceptors (Lipinski definition) is 6. The van der Waals surface area contributed by atoms with Gasteiger partial charge in [0.2, 0.25) is 5.91 Å². The van der Waals surface area contributed by atoms with E-state index in [0.717, 1.165) is 5.56 Å². The van der Waals surface area contributed by atoms with Gasteiger partial charge in [0.15, 0.2) is 0 Å². The number of alkyl halides is 3. The minimum Gasteiger partial charge on any atom is -0.365 e. The number of pyridine rings is 2. The van der Waals surface area contributed by atoms with E-state index < -0.39 is 17.6 Å². The van der Waals surface area contributed by atoms with Crippen molar-refractivity contribution >= 4 is 40.4 Å². The summed E-state index contributed by atoms with van der Waals surface area (Å²) < 4.78 is 40.8. The molecule has 0 atom stereocenters. The largest absolute Gasteiger partial charge is 0.419 e. The van der Waals surface area contributed by atoms with E-state index in [1.807, 2.05) is 0 Å². The molecule has 1 aliphatic rings. The number of nitrogens with one attached hydrogen (secondary N) is 3. The Hall–Kier alpha value is -4.15. The Bertz CT molecular complexity index is 1240. The minimum absolute atomic E-state index is 0.0114. The van der Waals surface area contributed by atoms with Crippen LogP contribution in [0.4, 0.5) is 41.7 Å². The summed E-state index contributed by atoms with van der Waals surface area (Å²) in [6, 6.07) is 7.64. The van der Waals surface area contributed by atoms with E-state index in [9.17, 15) is 22.8 Å². The predicted molar refractivity (Wildman–Crippen MR) is 112 cm³/mol. The Kier molecular flexibility index (Phi) is 5.17. The average Bonchev–Trinajstić information content (AvgIpc) is 3.06. The van der Waals surface area contributed by atoms with Crippen molar-refractivity contribution in [3.63, 3.8) is 0 Å². The molecule has 0 aliphatic carbocycles. The lowest BCUT2D eigenvalue weighted by Gasteiger charge is -2.18. The zero-order valence-corrected chi connectivity index (χ0v) is 16.7. The molecule has 32 heavy (non-hydrogen) atoms. The molecule has 2 amide bonds. The van der Waals surface area contributed by atoms with Crippen LogP contribution in [0.5, 0.6) is 0 Å². The molecule has 164 valence electrons. The fraction of sp³-hybridized carbons (Fsp3) is 0.143. The highest BCUT2D eigenvalue weighted by molar-refractivity contribution is 6.00. The number of fused-ring (bicyclic) bond motifs is 1. The van der Waals surface area contributed by atoms with E-state index in [2.05, 4.69) is 25.9 Å². The zero-order chi connectivity index (χ0) is 23.0. The molecule has 11 heteroatoms. The molecule has 0 saturated carbocycles. The Labute approximate surface area is 180 Å². The molecule has 8 nitrogen and oxygen atoms in total. The van der Waals surface area contributed by atoms with Crippen LogP contribution in [0.25, 0.3) is 0 Å². The number of hydrogen-bond donors (Lipinski definition) is 4. The maximum atomic E-state index is 13.6. The molecule has 0 saturated heterocycles. The molecular weight excluding hydrogens is 425 g/mol. The number of anilines is 5. The monoisotopic (exact) mass is 442 g/mol. The first kappa shape index (κ1) is 21.1. The van der Waals surface area contributed by atoms with E-state index in [1.54, 1.807) is 18.2 Å². The number of carbonyl (C=O) groups is 2. The molecule has 2 aromatic heterocycles. The molecule has 0 unspecified atom stereocenters. The van der Waals surface area contributed by atoms with Crippen LogP contribution >= 0.6 is 0 Å². The number of aromatic nitrogens is 2. The molecule has 0 fully saturated rings. The summed E-state index contributed by atoms with van der Waals surface area (Å²) in [5.41, 5.74) is 6.42. The SMILES string of the molecule is Cc1nccc(Nc2cc(Nc3ccc4c(c3)CC(=O)N4)ncc2C(F)(F)F)c1C(N)=O. The third kappa shape index (κ3) is 4.17. The zero-order valence-electron chi connectivity index (χ0n) is 16.7. The standard InChI is InChI=1S/C21H17F3N6O2/c1-10-19(20(25)32)15(4-5-26-10)29-16-8-17(27-9-13(16)21(22,23)24)28-12-2-3-14-11(6-12)7-18(31)30-14/h2-6,8-9H,7H2,1H3,(H2,25,32)(H,30,31)(H2,26,27,28,29). The van der Waals surface area contributed by atoms with Crippen LogP contribution in [-0.2, 0) is 17.4 Å². The van der Waals surface area contributed by atoms with Crippen LogP contribution in [0.3, 0.4) is 0 Å². The van der Waals surface area contributed by atoms with Gasteiger partial charge >= 0.3 is 6.18 Å². The number of benzene rings is 1. The van der Waals surface area contributed by atoms with Crippen LogP contribution in [-0.4, -0.2) is 21.8 Å². The van der Waals surface area contributed by atoms with Gasteiger partial charge in [0.1, 0.15) is 5.82 Å². The molecule has 0 spiro atoms. The lowest BCUT2D eigenvalue weighted by molar-refractivity contribution is -0.137. The fourth-order valence-corrected chi connectivity index (χ4v) is 3.43. The Morgan fingerprint density at radius 1 is 1.12 bits per heavy atom. The summed E-state index contributed by atoms with van der Waals surface area (Å²) in [7, 11) is 0. The summed E-state index contributed by atoms with van der Waals surface area (Å²) in [4.78, 5) is 31.2. The Balaban J connectivity index is 1.70. The topological polar surface area (TPSA) is 122 Å². The number of aryl methyl sites for hydroxylation is 1. The first-order valence-corrected chi connectivity index (χ1v) is 9.41. The molecule has 3 aromatic rings. The molecule has 4 rings (SSSR count). The highest BCUT2D eigenvalue weighted by atomic mass is 19.4. The number of carbonyl (C=O) groups excluding carboxylic acids is 2. The van der Waals surface area contributed by atoms with E-state index >= 15 is 0 Å². The van der Waals surface area contributed by atoms with Gasteiger partial charge in [-0.15, -0.1) is 0 Å². The fourth-order valence-electron chi connectivity index (χ4n) is 3.43. The van der Waals surface area contributed by atoms with Gasteiger partial charge in [-0.05, 0) is 36.8 Å². The number of amides is 2. The van der Waals surface area contributed by atoms with E-state index in [1.165, 1.54) is 25.3 Å². The lowest BCUT2D eigenvalue weighted by atomic mass is 10.1. The first-order chi connectivity index (χ1) is 15.1. The predicted octanol–water partition coefficient (Wildman–Crippen LogP) is 3.88. The summed E-state index contributed by atoms with van der Waals surface area (Å²) in [6.07, 6.45) is -2.42. The summed E-state index contributed by atoms with van der Waals surface area (Å²) >= 11 is 0. The van der Waals surface area contributed by atoms with Gasteiger partial charge in [-0.25, -0.2) is 4.98 Å². The van der Waals surface area contributed by atoms with Crippen molar-refractivity contribution in [1.29, 1.82) is 0 Å². The van der Waals surface area contributed by atoms with Crippen LogP contribution in [0, 0.1) is 6.92 Å². The maximum Gasteiger partial charge on any atom is 0.419 e. The van der Waals surface area contributed by atoms with Crippen molar-refractivity contribution < 1.29 is 22.8 Å². The minimum atomic E-state index is -4.69. The second kappa shape index (κ2) is 7.84. The molecule has 0 radical (unpaired) electrons. The number of rotatable bonds is 5. The van der Waals surface area contributed by atoms with Crippen molar-refractivity contribution in [2.75, 3.05) is 16.0 Å². The normalized spacial score (nSPS) is 12.8. The van der Waals surface area contributed by atoms with Crippen LogP contribution in [0.15, 0.2) is 42.7 Å². The third-order valence-electron chi connectivity index (χ3n) is 4.87. The summed E-state index contributed by atoms with van der Waals surface area (Å²) in [6.45, 7) is 1.53. The lowest BCUT2D eigenvalue weighted by Crippen LogP contribution is -2.17. The second-order valence-corrected chi connectivity index (χ2v) is 7.14. The second-order valence-electron chi connectivity index (χ2n) is 7.14. The van der Waals surface area contributed by atoms with Crippen LogP contribution < -0.4 is 21.7 Å². The van der Waals surface area contributed by atoms with Gasteiger partial charge < -0.3 is 21.7 Å². The summed E-state index contributed by atoms with van der Waals surface area (Å²) in [5.74, 6) is -0.821. The van der Waals surface area contributed by atoms with Gasteiger partial charge in [-0.2, -0.15) is 13.2 Å². The highest BCUT2D eigenvalue weighted by Crippen LogP contribution is 2.38. The third-order valence-corrected chi connectivity index (χ3v) is 4.87. The number of primary amides is 1. The van der Waals surface area contributed by atoms with Gasteiger partial charge in [-0.3, -0.25) is 14.6 Å². The maximum absolute atomic E-state index is 13.6. The molecule has 0 bridgehead atoms. The van der Waals surface area contributed by atoms with Gasteiger partial charge in [0.25, 0.3) is 5.91 Å². The van der Waals surface area contributed by atoms with Crippen molar-refractivity contribution in [2.45, 2.75) is 19.5 Å². The van der Waals surface area contributed by atoms with E-state index in [-0.39, 0.29) is 40.8 Å². The summed E-state index contributed by atoms with van der Waals surface area (Å²) in [5, 5.41) is 8.30. The molecule has 5 N–H and O–H groups in total. The van der Waals surface area contributed by atoms with Gasteiger partial charge in [0.05, 0.1) is 34.6 Å².